The molecule has 8 heavy (non-hydrogen) atoms. The zero-order valence-electron chi connectivity index (χ0n) is 4.92. The van der Waals surface area contributed by atoms with Gasteiger partial charge in [-0.15, -0.1) is 17.0 Å². The second-order valence-electron chi connectivity index (χ2n) is 1.30. The zero-order chi connectivity index (χ0) is 5.86. The van der Waals surface area contributed by atoms with Crippen LogP contribution in [0, 0.1) is 0 Å². The topological polar surface area (TPSA) is 40.5 Å². The van der Waals surface area contributed by atoms with E-state index in [1.807, 2.05) is 0 Å². The molecule has 0 aliphatic rings. The first kappa shape index (κ1) is 10.7. The molecular weight excluding hydrogens is 174 g/mol. The molecular formula is C4H10BrNO2. The molecule has 0 aromatic heterocycles. The fourth-order valence-electron chi connectivity index (χ4n) is 0.135. The highest BCUT2D eigenvalue weighted by molar-refractivity contribution is 8.93. The number of nitrogens with zero attached hydrogens (tertiary/aromatic N) is 1. The Labute approximate surface area is 59.1 Å². The highest BCUT2D eigenvalue weighted by Crippen LogP contribution is 1.78. The standard InChI is InChI=1S/C4H9NO2.BrH/c1-3-5(2)4(6)7;/h3H2,1-2H3,(H,6,7);1H. The Hall–Kier alpha value is -0.250. The number of rotatable bonds is 1. The highest BCUT2D eigenvalue weighted by atomic mass is 79.9. The average molecular weight is 184 g/mol. The number of hydrogen-bond acceptors (Lipinski definition) is 1. The van der Waals surface area contributed by atoms with E-state index in [0.29, 0.717) is 6.54 Å². The molecule has 0 aliphatic carbocycles. The molecule has 0 rings (SSSR count). The van der Waals surface area contributed by atoms with E-state index in [2.05, 4.69) is 0 Å². The molecule has 0 aliphatic heterocycles. The number of carbonyl (C=O) groups is 1. The minimum Gasteiger partial charge on any atom is -0.465 e. The van der Waals surface area contributed by atoms with Gasteiger partial charge < -0.3 is 10.0 Å². The first-order valence-corrected chi connectivity index (χ1v) is 2.12. The van der Waals surface area contributed by atoms with Crippen LogP contribution in [0.5, 0.6) is 0 Å². The average Bonchev–Trinajstić information content (AvgIpc) is 1.65. The molecule has 0 spiro atoms. The third-order valence-electron chi connectivity index (χ3n) is 0.801. The predicted molar refractivity (Wildman–Crippen MR) is 36.7 cm³/mol. The number of amides is 1. The van der Waals surface area contributed by atoms with Crippen LogP contribution in [0.25, 0.3) is 0 Å². The summed E-state index contributed by atoms with van der Waals surface area (Å²) in [5.41, 5.74) is 0. The summed E-state index contributed by atoms with van der Waals surface area (Å²) in [6.07, 6.45) is -0.873. The third kappa shape index (κ3) is 3.92. The first-order valence-electron chi connectivity index (χ1n) is 2.12. The molecule has 0 bridgehead atoms. The Morgan fingerprint density at radius 2 is 2.12 bits per heavy atom. The minimum atomic E-state index is -0.873. The van der Waals surface area contributed by atoms with E-state index >= 15 is 0 Å². The summed E-state index contributed by atoms with van der Waals surface area (Å²) in [4.78, 5) is 11.1. The molecule has 3 nitrogen and oxygen atoms in total. The molecule has 1 amide bonds. The Bertz CT molecular complexity index is 76.4. The summed E-state index contributed by atoms with van der Waals surface area (Å²) < 4.78 is 0. The molecule has 0 aromatic carbocycles. The zero-order valence-corrected chi connectivity index (χ0v) is 6.63. The molecule has 0 radical (unpaired) electrons. The van der Waals surface area contributed by atoms with Crippen molar-refractivity contribution in [2.45, 2.75) is 6.92 Å². The van der Waals surface area contributed by atoms with Gasteiger partial charge in [0, 0.05) is 13.6 Å². The van der Waals surface area contributed by atoms with E-state index in [9.17, 15) is 4.79 Å². The Kier molecular flexibility index (Phi) is 6.54. The van der Waals surface area contributed by atoms with E-state index in [1.165, 1.54) is 11.9 Å². The van der Waals surface area contributed by atoms with Crippen molar-refractivity contribution in [3.8, 4) is 0 Å². The monoisotopic (exact) mass is 183 g/mol. The summed E-state index contributed by atoms with van der Waals surface area (Å²) in [5, 5.41) is 8.11. The molecule has 0 saturated heterocycles. The lowest BCUT2D eigenvalue weighted by atomic mass is 10.7. The smallest absolute Gasteiger partial charge is 0.407 e. The largest absolute Gasteiger partial charge is 0.465 e. The van der Waals surface area contributed by atoms with Crippen molar-refractivity contribution in [2.75, 3.05) is 13.6 Å². The van der Waals surface area contributed by atoms with E-state index in [0.717, 1.165) is 0 Å². The van der Waals surface area contributed by atoms with Crippen molar-refractivity contribution in [3.63, 3.8) is 0 Å². The van der Waals surface area contributed by atoms with E-state index in [-0.39, 0.29) is 17.0 Å². The Morgan fingerprint density at radius 3 is 2.12 bits per heavy atom. The van der Waals surface area contributed by atoms with Crippen molar-refractivity contribution >= 4 is 23.1 Å². The third-order valence-corrected chi connectivity index (χ3v) is 0.801. The van der Waals surface area contributed by atoms with Crippen LogP contribution in [-0.4, -0.2) is 29.7 Å². The lowest BCUT2D eigenvalue weighted by Crippen LogP contribution is -2.23. The van der Waals surface area contributed by atoms with Crippen molar-refractivity contribution in [2.24, 2.45) is 0 Å². The maximum absolute atomic E-state index is 9.86. The normalized spacial score (nSPS) is 7.25. The van der Waals surface area contributed by atoms with Crippen LogP contribution in [0.3, 0.4) is 0 Å². The summed E-state index contributed by atoms with van der Waals surface area (Å²) in [7, 11) is 1.53. The van der Waals surface area contributed by atoms with Gasteiger partial charge in [0.05, 0.1) is 0 Å². The number of hydrogen-bond donors (Lipinski definition) is 1. The second kappa shape index (κ2) is 4.90. The van der Waals surface area contributed by atoms with Crippen LogP contribution >= 0.6 is 17.0 Å². The lowest BCUT2D eigenvalue weighted by molar-refractivity contribution is 0.158. The SMILES string of the molecule is Br.CCN(C)C(=O)O. The van der Waals surface area contributed by atoms with Crippen molar-refractivity contribution in [1.82, 2.24) is 4.90 Å². The maximum atomic E-state index is 9.86. The van der Waals surface area contributed by atoms with Gasteiger partial charge in [-0.3, -0.25) is 0 Å². The van der Waals surface area contributed by atoms with Gasteiger partial charge in [-0.2, -0.15) is 0 Å². The second-order valence-corrected chi connectivity index (χ2v) is 1.30. The maximum Gasteiger partial charge on any atom is 0.407 e. The number of halogens is 1. The lowest BCUT2D eigenvalue weighted by Gasteiger charge is -2.06. The Balaban J connectivity index is 0. The molecule has 0 aromatic rings. The summed E-state index contributed by atoms with van der Waals surface area (Å²) in [6.45, 7) is 2.34. The van der Waals surface area contributed by atoms with Crippen LogP contribution in [0.15, 0.2) is 0 Å². The van der Waals surface area contributed by atoms with E-state index in [1.54, 1.807) is 6.92 Å². The van der Waals surface area contributed by atoms with Gasteiger partial charge in [-0.25, -0.2) is 4.79 Å². The molecule has 0 saturated carbocycles. The van der Waals surface area contributed by atoms with Gasteiger partial charge in [0.1, 0.15) is 0 Å². The van der Waals surface area contributed by atoms with Crippen LogP contribution in [0.4, 0.5) is 4.79 Å². The van der Waals surface area contributed by atoms with Crippen molar-refractivity contribution < 1.29 is 9.90 Å². The first-order chi connectivity index (χ1) is 3.18. The fourth-order valence-corrected chi connectivity index (χ4v) is 0.135. The van der Waals surface area contributed by atoms with Gasteiger partial charge in [0.2, 0.25) is 0 Å². The van der Waals surface area contributed by atoms with Gasteiger partial charge in [-0.1, -0.05) is 0 Å². The quantitative estimate of drug-likeness (QED) is 0.664. The van der Waals surface area contributed by atoms with Crippen LogP contribution in [0.1, 0.15) is 6.92 Å². The summed E-state index contributed by atoms with van der Waals surface area (Å²) in [6, 6.07) is 0. The molecule has 1 N–H and O–H groups in total. The van der Waals surface area contributed by atoms with Gasteiger partial charge in [0.25, 0.3) is 0 Å². The number of carboxylic acid groups (broad SMARTS) is 1. The molecule has 50 valence electrons. The van der Waals surface area contributed by atoms with Gasteiger partial charge in [-0.05, 0) is 6.92 Å². The Morgan fingerprint density at radius 1 is 1.75 bits per heavy atom. The molecule has 4 heteroatoms. The molecule has 0 fully saturated rings. The molecule has 0 heterocycles. The predicted octanol–water partition coefficient (Wildman–Crippen LogP) is 1.19. The minimum absolute atomic E-state index is 0. The van der Waals surface area contributed by atoms with Crippen LogP contribution in [-0.2, 0) is 0 Å². The fraction of sp³-hybridized carbons (Fsp3) is 0.750. The van der Waals surface area contributed by atoms with Crippen LogP contribution < -0.4 is 0 Å². The summed E-state index contributed by atoms with van der Waals surface area (Å²) >= 11 is 0. The highest BCUT2D eigenvalue weighted by Gasteiger charge is 1.97. The molecule has 0 unspecified atom stereocenters. The van der Waals surface area contributed by atoms with Gasteiger partial charge >= 0.3 is 6.09 Å². The van der Waals surface area contributed by atoms with Crippen LogP contribution in [0.2, 0.25) is 0 Å². The van der Waals surface area contributed by atoms with E-state index in [4.69, 9.17) is 5.11 Å². The summed E-state index contributed by atoms with van der Waals surface area (Å²) in [5.74, 6) is 0. The van der Waals surface area contributed by atoms with E-state index < -0.39 is 6.09 Å². The van der Waals surface area contributed by atoms with Crippen molar-refractivity contribution in [3.05, 3.63) is 0 Å². The molecule has 0 atom stereocenters. The van der Waals surface area contributed by atoms with Gasteiger partial charge in [0.15, 0.2) is 0 Å². The van der Waals surface area contributed by atoms with Crippen molar-refractivity contribution in [1.29, 1.82) is 0 Å².